The highest BCUT2D eigenvalue weighted by atomic mass is 35.5. The van der Waals surface area contributed by atoms with E-state index in [1.54, 1.807) is 7.11 Å². The van der Waals surface area contributed by atoms with Crippen molar-refractivity contribution < 1.29 is 4.74 Å². The lowest BCUT2D eigenvalue weighted by Crippen LogP contribution is -2.23. The lowest BCUT2D eigenvalue weighted by Gasteiger charge is -2.21. The Morgan fingerprint density at radius 3 is 2.88 bits per heavy atom. The topological polar surface area (TPSA) is 38.5 Å². The van der Waals surface area contributed by atoms with Gasteiger partial charge in [0.05, 0.1) is 16.8 Å². The van der Waals surface area contributed by atoms with Crippen LogP contribution in [0.25, 0.3) is 0 Å². The fourth-order valence-electron chi connectivity index (χ4n) is 2.17. The normalized spacial score (nSPS) is 20.4. The number of hydrogen-bond acceptors (Lipinski definition) is 3. The van der Waals surface area contributed by atoms with Gasteiger partial charge in [-0.15, -0.1) is 0 Å². The molecule has 0 aromatic heterocycles. The van der Waals surface area contributed by atoms with E-state index in [1.165, 1.54) is 11.3 Å². The van der Waals surface area contributed by atoms with Gasteiger partial charge in [-0.1, -0.05) is 11.6 Å². The second kappa shape index (κ2) is 4.52. The Kier molecular flexibility index (Phi) is 3.26. The minimum absolute atomic E-state index is 0.329. The van der Waals surface area contributed by atoms with Gasteiger partial charge in [-0.25, -0.2) is 0 Å². The highest BCUT2D eigenvalue weighted by Gasteiger charge is 2.23. The third-order valence-corrected chi connectivity index (χ3v) is 3.46. The lowest BCUT2D eigenvalue weighted by atomic mass is 10.1. The zero-order chi connectivity index (χ0) is 11.7. The maximum absolute atomic E-state index is 6.05. The largest absolute Gasteiger partial charge is 0.398 e. The van der Waals surface area contributed by atoms with Gasteiger partial charge in [0.1, 0.15) is 0 Å². The summed E-state index contributed by atoms with van der Waals surface area (Å²) in [6.07, 6.45) is 1.40. The molecule has 1 aromatic rings. The van der Waals surface area contributed by atoms with Crippen LogP contribution in [0.4, 0.5) is 11.4 Å². The molecule has 0 radical (unpaired) electrons. The molecular formula is C12H17ClN2O. The summed E-state index contributed by atoms with van der Waals surface area (Å²) in [7, 11) is 1.76. The first-order chi connectivity index (χ1) is 7.61. The Morgan fingerprint density at radius 2 is 2.25 bits per heavy atom. The summed E-state index contributed by atoms with van der Waals surface area (Å²) in [5, 5.41) is 0.626. The van der Waals surface area contributed by atoms with E-state index >= 15 is 0 Å². The number of methoxy groups -OCH3 is 1. The van der Waals surface area contributed by atoms with Crippen LogP contribution in [0.1, 0.15) is 12.0 Å². The Morgan fingerprint density at radius 1 is 1.50 bits per heavy atom. The number of ether oxygens (including phenoxy) is 1. The summed E-state index contributed by atoms with van der Waals surface area (Å²) in [6.45, 7) is 4.00. The summed E-state index contributed by atoms with van der Waals surface area (Å²) in [4.78, 5) is 2.30. The predicted molar refractivity (Wildman–Crippen MR) is 68.2 cm³/mol. The van der Waals surface area contributed by atoms with Gasteiger partial charge in [0.2, 0.25) is 0 Å². The first-order valence-electron chi connectivity index (χ1n) is 5.45. The SMILES string of the molecule is COC1CCN(c2cc(Cl)c(N)cc2C)C1. The molecule has 0 aliphatic carbocycles. The number of anilines is 2. The van der Waals surface area contributed by atoms with E-state index in [4.69, 9.17) is 22.1 Å². The number of nitrogens with two attached hydrogens (primary N) is 1. The van der Waals surface area contributed by atoms with E-state index in [1.807, 2.05) is 12.1 Å². The van der Waals surface area contributed by atoms with Crippen LogP contribution in [-0.4, -0.2) is 26.3 Å². The molecule has 0 saturated carbocycles. The van der Waals surface area contributed by atoms with Crippen molar-refractivity contribution in [3.05, 3.63) is 22.7 Å². The highest BCUT2D eigenvalue weighted by molar-refractivity contribution is 6.33. The van der Waals surface area contributed by atoms with Gasteiger partial charge >= 0.3 is 0 Å². The van der Waals surface area contributed by atoms with Gasteiger partial charge in [0.25, 0.3) is 0 Å². The minimum atomic E-state index is 0.329. The molecule has 1 aliphatic rings. The van der Waals surface area contributed by atoms with E-state index < -0.39 is 0 Å². The first kappa shape index (κ1) is 11.6. The molecule has 1 saturated heterocycles. The fourth-order valence-corrected chi connectivity index (χ4v) is 2.33. The third kappa shape index (κ3) is 2.11. The van der Waals surface area contributed by atoms with Crippen molar-refractivity contribution in [2.24, 2.45) is 0 Å². The van der Waals surface area contributed by atoms with Crippen molar-refractivity contribution in [2.45, 2.75) is 19.4 Å². The van der Waals surface area contributed by atoms with Crippen molar-refractivity contribution in [2.75, 3.05) is 30.8 Å². The molecule has 1 aliphatic heterocycles. The number of rotatable bonds is 2. The Labute approximate surface area is 101 Å². The second-order valence-electron chi connectivity index (χ2n) is 4.25. The van der Waals surface area contributed by atoms with Gasteiger partial charge in [-0.2, -0.15) is 0 Å². The number of aryl methyl sites for hydroxylation is 1. The van der Waals surface area contributed by atoms with Crippen molar-refractivity contribution in [1.82, 2.24) is 0 Å². The monoisotopic (exact) mass is 240 g/mol. The molecule has 0 spiro atoms. The molecule has 1 heterocycles. The van der Waals surface area contributed by atoms with Gasteiger partial charge in [0, 0.05) is 25.9 Å². The quantitative estimate of drug-likeness (QED) is 0.808. The Balaban J connectivity index is 2.24. The smallest absolute Gasteiger partial charge is 0.0762 e. The molecule has 4 heteroatoms. The van der Waals surface area contributed by atoms with E-state index in [2.05, 4.69) is 11.8 Å². The third-order valence-electron chi connectivity index (χ3n) is 3.13. The zero-order valence-electron chi connectivity index (χ0n) is 9.66. The lowest BCUT2D eigenvalue weighted by molar-refractivity contribution is 0.121. The molecule has 16 heavy (non-hydrogen) atoms. The van der Waals surface area contributed by atoms with Gasteiger partial charge < -0.3 is 15.4 Å². The van der Waals surface area contributed by atoms with Crippen LogP contribution in [0.5, 0.6) is 0 Å². The molecule has 1 aromatic carbocycles. The van der Waals surface area contributed by atoms with E-state index in [9.17, 15) is 0 Å². The van der Waals surface area contributed by atoms with Gasteiger partial charge in [0.15, 0.2) is 0 Å². The molecule has 3 nitrogen and oxygen atoms in total. The molecule has 0 bridgehead atoms. The molecule has 1 unspecified atom stereocenters. The standard InChI is InChI=1S/C12H17ClN2O/c1-8-5-11(14)10(13)6-12(8)15-4-3-9(7-15)16-2/h5-6,9H,3-4,7,14H2,1-2H3. The van der Waals surface area contributed by atoms with Crippen molar-refractivity contribution in [3.63, 3.8) is 0 Å². The van der Waals surface area contributed by atoms with E-state index in [0.717, 1.165) is 19.5 Å². The molecule has 0 amide bonds. The van der Waals surface area contributed by atoms with Crippen LogP contribution < -0.4 is 10.6 Å². The van der Waals surface area contributed by atoms with Crippen LogP contribution in [0.2, 0.25) is 5.02 Å². The van der Waals surface area contributed by atoms with Crippen LogP contribution in [-0.2, 0) is 4.74 Å². The van der Waals surface area contributed by atoms with Gasteiger partial charge in [-0.05, 0) is 31.0 Å². The average Bonchev–Trinajstić information content (AvgIpc) is 2.71. The number of nitrogen functional groups attached to an aromatic ring is 1. The molecule has 88 valence electrons. The summed E-state index contributed by atoms with van der Waals surface area (Å²) >= 11 is 6.05. The fraction of sp³-hybridized carbons (Fsp3) is 0.500. The van der Waals surface area contributed by atoms with E-state index in [0.29, 0.717) is 16.8 Å². The summed E-state index contributed by atoms with van der Waals surface area (Å²) < 4.78 is 5.36. The Bertz CT molecular complexity index is 395. The molecule has 1 atom stereocenters. The van der Waals surface area contributed by atoms with E-state index in [-0.39, 0.29) is 0 Å². The van der Waals surface area contributed by atoms with Crippen molar-refractivity contribution in [3.8, 4) is 0 Å². The number of hydrogen-bond donors (Lipinski definition) is 1. The van der Waals surface area contributed by atoms with Crippen molar-refractivity contribution in [1.29, 1.82) is 0 Å². The number of benzene rings is 1. The maximum Gasteiger partial charge on any atom is 0.0762 e. The number of halogens is 1. The first-order valence-corrected chi connectivity index (χ1v) is 5.83. The van der Waals surface area contributed by atoms with Crippen LogP contribution in [0.15, 0.2) is 12.1 Å². The molecule has 1 fully saturated rings. The molecule has 2 rings (SSSR count). The zero-order valence-corrected chi connectivity index (χ0v) is 10.4. The van der Waals surface area contributed by atoms with Crippen LogP contribution >= 0.6 is 11.6 Å². The number of nitrogens with zero attached hydrogens (tertiary/aromatic N) is 1. The van der Waals surface area contributed by atoms with Crippen molar-refractivity contribution >= 4 is 23.0 Å². The second-order valence-corrected chi connectivity index (χ2v) is 4.66. The summed E-state index contributed by atoms with van der Waals surface area (Å²) in [5.74, 6) is 0. The average molecular weight is 241 g/mol. The summed E-state index contributed by atoms with van der Waals surface area (Å²) in [6, 6.07) is 3.88. The van der Waals surface area contributed by atoms with Gasteiger partial charge in [-0.3, -0.25) is 0 Å². The Hall–Kier alpha value is -0.930. The van der Waals surface area contributed by atoms with Crippen LogP contribution in [0.3, 0.4) is 0 Å². The molecule has 2 N–H and O–H groups in total. The molecular weight excluding hydrogens is 224 g/mol. The minimum Gasteiger partial charge on any atom is -0.398 e. The maximum atomic E-state index is 6.05. The summed E-state index contributed by atoms with van der Waals surface area (Å²) in [5.41, 5.74) is 8.74. The highest BCUT2D eigenvalue weighted by Crippen LogP contribution is 2.31. The van der Waals surface area contributed by atoms with Crippen LogP contribution in [0, 0.1) is 6.92 Å². The predicted octanol–water partition coefficient (Wildman–Crippen LogP) is 2.46.